The molecule has 1 aromatic heterocycles. The summed E-state index contributed by atoms with van der Waals surface area (Å²) in [6, 6.07) is -2.11. The number of hydrogen-bond donors (Lipinski definition) is 2. The fraction of sp³-hybridized carbons (Fsp3) is 0.667. The summed E-state index contributed by atoms with van der Waals surface area (Å²) in [7, 11) is -4.36. The first-order valence-corrected chi connectivity index (χ1v) is 9.22. The maximum Gasteiger partial charge on any atom is 0.405 e. The molecule has 0 bridgehead atoms. The maximum absolute atomic E-state index is 13.2. The van der Waals surface area contributed by atoms with Gasteiger partial charge in [0.15, 0.2) is 9.34 Å². The standard InChI is InChI=1S/C12H16F3N3O3S2/c1-7(19)17-11-16-6-9(22-11)23(20,21)18-10(12(13,14)15)8-4-2-3-5-8/h6,8,10,18H,2-5H2,1H3,(H,16,17,19). The zero-order chi connectivity index (χ0) is 17.3. The Labute approximate surface area is 135 Å². The summed E-state index contributed by atoms with van der Waals surface area (Å²) in [5.41, 5.74) is 0. The highest BCUT2D eigenvalue weighted by molar-refractivity contribution is 7.91. The Bertz CT molecular complexity index is 667. The van der Waals surface area contributed by atoms with Gasteiger partial charge in [-0.2, -0.15) is 17.9 Å². The summed E-state index contributed by atoms with van der Waals surface area (Å²) in [6.45, 7) is 1.22. The van der Waals surface area contributed by atoms with E-state index in [1.54, 1.807) is 4.72 Å². The predicted molar refractivity (Wildman–Crippen MR) is 78.5 cm³/mol. The van der Waals surface area contributed by atoms with E-state index < -0.39 is 34.1 Å². The monoisotopic (exact) mass is 371 g/mol. The molecule has 6 nitrogen and oxygen atoms in total. The third-order valence-electron chi connectivity index (χ3n) is 3.54. The summed E-state index contributed by atoms with van der Waals surface area (Å²) in [5, 5.41) is 2.31. The fourth-order valence-electron chi connectivity index (χ4n) is 2.54. The average molecular weight is 371 g/mol. The van der Waals surface area contributed by atoms with Crippen LogP contribution < -0.4 is 10.0 Å². The largest absolute Gasteiger partial charge is 0.405 e. The topological polar surface area (TPSA) is 88.2 Å². The molecule has 0 radical (unpaired) electrons. The number of thiazole rings is 1. The normalized spacial score (nSPS) is 18.1. The highest BCUT2D eigenvalue weighted by Crippen LogP contribution is 2.37. The van der Waals surface area contributed by atoms with Crippen molar-refractivity contribution < 1.29 is 26.4 Å². The average Bonchev–Trinajstić information content (AvgIpc) is 3.04. The van der Waals surface area contributed by atoms with Crippen LogP contribution in [0.25, 0.3) is 0 Å². The van der Waals surface area contributed by atoms with E-state index in [0.29, 0.717) is 37.0 Å². The quantitative estimate of drug-likeness (QED) is 0.832. The molecule has 1 amide bonds. The molecule has 0 aliphatic heterocycles. The second-order valence-electron chi connectivity index (χ2n) is 5.35. The van der Waals surface area contributed by atoms with Crippen LogP contribution in [0.2, 0.25) is 0 Å². The Morgan fingerprint density at radius 1 is 1.39 bits per heavy atom. The minimum absolute atomic E-state index is 0.0160. The molecule has 23 heavy (non-hydrogen) atoms. The van der Waals surface area contributed by atoms with Crippen LogP contribution in [0.3, 0.4) is 0 Å². The molecule has 2 N–H and O–H groups in total. The molecular formula is C12H16F3N3O3S2. The van der Waals surface area contributed by atoms with E-state index in [0.717, 1.165) is 6.20 Å². The molecule has 0 saturated heterocycles. The van der Waals surface area contributed by atoms with Gasteiger partial charge in [-0.1, -0.05) is 24.2 Å². The van der Waals surface area contributed by atoms with Gasteiger partial charge in [0.1, 0.15) is 6.04 Å². The summed E-state index contributed by atoms with van der Waals surface area (Å²) in [5.74, 6) is -1.21. The van der Waals surface area contributed by atoms with Crippen molar-refractivity contribution in [3.63, 3.8) is 0 Å². The van der Waals surface area contributed by atoms with Crippen molar-refractivity contribution in [1.29, 1.82) is 0 Å². The van der Waals surface area contributed by atoms with Gasteiger partial charge < -0.3 is 5.32 Å². The van der Waals surface area contributed by atoms with Crippen LogP contribution in [0.15, 0.2) is 10.4 Å². The number of nitrogens with zero attached hydrogens (tertiary/aromatic N) is 1. The molecule has 0 aromatic carbocycles. The van der Waals surface area contributed by atoms with Crippen molar-refractivity contribution in [2.75, 3.05) is 5.32 Å². The van der Waals surface area contributed by atoms with E-state index in [-0.39, 0.29) is 9.34 Å². The van der Waals surface area contributed by atoms with Gasteiger partial charge >= 0.3 is 6.18 Å². The zero-order valence-electron chi connectivity index (χ0n) is 12.2. The summed E-state index contributed by atoms with van der Waals surface area (Å²) < 4.78 is 65.4. The highest BCUT2D eigenvalue weighted by atomic mass is 32.2. The van der Waals surface area contributed by atoms with Crippen LogP contribution in [-0.2, 0) is 14.8 Å². The van der Waals surface area contributed by atoms with Gasteiger partial charge in [-0.25, -0.2) is 13.4 Å². The molecule has 2 rings (SSSR count). The first-order chi connectivity index (χ1) is 10.6. The van der Waals surface area contributed by atoms with E-state index in [1.807, 2.05) is 0 Å². The second kappa shape index (κ2) is 6.73. The Hall–Kier alpha value is -1.20. The minimum Gasteiger partial charge on any atom is -0.302 e. The van der Waals surface area contributed by atoms with Crippen LogP contribution >= 0.6 is 11.3 Å². The first-order valence-electron chi connectivity index (χ1n) is 6.92. The Morgan fingerprint density at radius 3 is 2.52 bits per heavy atom. The molecule has 1 aliphatic rings. The van der Waals surface area contributed by atoms with Crippen molar-refractivity contribution in [1.82, 2.24) is 9.71 Å². The van der Waals surface area contributed by atoms with Crippen LogP contribution in [0, 0.1) is 5.92 Å². The molecule has 1 fully saturated rings. The number of hydrogen-bond acceptors (Lipinski definition) is 5. The van der Waals surface area contributed by atoms with Gasteiger partial charge in [0.2, 0.25) is 5.91 Å². The molecule has 0 spiro atoms. The molecule has 11 heteroatoms. The molecule has 1 aromatic rings. The Kier molecular flexibility index (Phi) is 5.31. The molecule has 1 aliphatic carbocycles. The molecule has 1 atom stereocenters. The first kappa shape index (κ1) is 18.1. The van der Waals surface area contributed by atoms with Crippen LogP contribution in [-0.4, -0.2) is 31.5 Å². The van der Waals surface area contributed by atoms with Gasteiger partial charge in [0.25, 0.3) is 10.0 Å². The minimum atomic E-state index is -4.66. The number of alkyl halides is 3. The van der Waals surface area contributed by atoms with Crippen molar-refractivity contribution >= 4 is 32.4 Å². The molecule has 1 unspecified atom stereocenters. The number of nitrogens with one attached hydrogen (secondary N) is 2. The third kappa shape index (κ3) is 4.64. The number of sulfonamides is 1. The number of carbonyl (C=O) groups is 1. The summed E-state index contributed by atoms with van der Waals surface area (Å²) in [4.78, 5) is 14.6. The number of carbonyl (C=O) groups excluding carboxylic acids is 1. The van der Waals surface area contributed by atoms with Crippen LogP contribution in [0.4, 0.5) is 18.3 Å². The van der Waals surface area contributed by atoms with Crippen molar-refractivity contribution in [2.45, 2.75) is 49.0 Å². The SMILES string of the molecule is CC(=O)Nc1ncc(S(=O)(=O)NC(C2CCCC2)C(F)(F)F)s1. The number of amides is 1. The van der Waals surface area contributed by atoms with Crippen LogP contribution in [0.5, 0.6) is 0 Å². The highest BCUT2D eigenvalue weighted by Gasteiger charge is 2.47. The van der Waals surface area contributed by atoms with Gasteiger partial charge in [-0.15, -0.1) is 0 Å². The predicted octanol–water partition coefficient (Wildman–Crippen LogP) is 2.50. The number of aromatic nitrogens is 1. The summed E-state index contributed by atoms with van der Waals surface area (Å²) in [6.07, 6.45) is -1.73. The maximum atomic E-state index is 13.2. The van der Waals surface area contributed by atoms with E-state index in [4.69, 9.17) is 0 Å². The van der Waals surface area contributed by atoms with Crippen molar-refractivity contribution in [3.8, 4) is 0 Å². The van der Waals surface area contributed by atoms with Gasteiger partial charge in [0, 0.05) is 6.92 Å². The molecule has 130 valence electrons. The van der Waals surface area contributed by atoms with E-state index in [1.165, 1.54) is 6.92 Å². The molecule has 1 heterocycles. The lowest BCUT2D eigenvalue weighted by Crippen LogP contribution is -2.49. The lowest BCUT2D eigenvalue weighted by atomic mass is 9.99. The van der Waals surface area contributed by atoms with E-state index in [9.17, 15) is 26.4 Å². The Morgan fingerprint density at radius 2 is 2.00 bits per heavy atom. The van der Waals surface area contributed by atoms with Gasteiger partial charge in [-0.3, -0.25) is 4.79 Å². The van der Waals surface area contributed by atoms with Gasteiger partial charge in [0.05, 0.1) is 6.20 Å². The lowest BCUT2D eigenvalue weighted by Gasteiger charge is -2.26. The number of halogens is 3. The molecular weight excluding hydrogens is 355 g/mol. The number of anilines is 1. The van der Waals surface area contributed by atoms with Gasteiger partial charge in [-0.05, 0) is 18.8 Å². The van der Waals surface area contributed by atoms with Crippen LogP contribution in [0.1, 0.15) is 32.6 Å². The van der Waals surface area contributed by atoms with E-state index in [2.05, 4.69) is 10.3 Å². The lowest BCUT2D eigenvalue weighted by molar-refractivity contribution is -0.162. The number of rotatable bonds is 5. The zero-order valence-corrected chi connectivity index (χ0v) is 13.8. The van der Waals surface area contributed by atoms with Crippen molar-refractivity contribution in [3.05, 3.63) is 6.20 Å². The molecule has 1 saturated carbocycles. The summed E-state index contributed by atoms with van der Waals surface area (Å²) >= 11 is 0.602. The third-order valence-corrected chi connectivity index (χ3v) is 6.35. The smallest absolute Gasteiger partial charge is 0.302 e. The Balaban J connectivity index is 2.20. The fourth-order valence-corrected chi connectivity index (χ4v) is 4.92. The second-order valence-corrected chi connectivity index (χ2v) is 8.32. The van der Waals surface area contributed by atoms with Crippen molar-refractivity contribution in [2.24, 2.45) is 5.92 Å². The van der Waals surface area contributed by atoms with E-state index >= 15 is 0 Å².